The van der Waals surface area contributed by atoms with Gasteiger partial charge in [0.05, 0.1) is 18.5 Å². The van der Waals surface area contributed by atoms with Gasteiger partial charge >= 0.3 is 6.03 Å². The maximum Gasteiger partial charge on any atom is 0.322 e. The lowest BCUT2D eigenvalue weighted by atomic mass is 10.1. The average molecular weight is 304 g/mol. The first-order valence-corrected chi connectivity index (χ1v) is 7.92. The summed E-state index contributed by atoms with van der Waals surface area (Å²) in [5, 5.41) is 2.97. The quantitative estimate of drug-likeness (QED) is 0.906. The summed E-state index contributed by atoms with van der Waals surface area (Å²) >= 11 is 0. The van der Waals surface area contributed by atoms with Crippen molar-refractivity contribution >= 4 is 17.5 Å². The van der Waals surface area contributed by atoms with Crippen LogP contribution in [0.2, 0.25) is 0 Å². The number of carbonyl (C=O) groups excluding carboxylic acids is 1. The Morgan fingerprint density at radius 2 is 2.18 bits per heavy atom. The topological polar surface area (TPSA) is 57.7 Å². The van der Waals surface area contributed by atoms with Gasteiger partial charge < -0.3 is 19.9 Å². The molecule has 2 heterocycles. The van der Waals surface area contributed by atoms with E-state index in [9.17, 15) is 4.79 Å². The molecule has 0 spiro atoms. The number of hydrogen-bond acceptors (Lipinski definition) is 4. The molecule has 1 saturated carbocycles. The smallest absolute Gasteiger partial charge is 0.322 e. The van der Waals surface area contributed by atoms with Gasteiger partial charge in [-0.25, -0.2) is 9.78 Å². The molecule has 1 N–H and O–H groups in total. The van der Waals surface area contributed by atoms with Crippen LogP contribution in [-0.4, -0.2) is 55.8 Å². The monoisotopic (exact) mass is 304 g/mol. The van der Waals surface area contributed by atoms with Crippen LogP contribution < -0.4 is 10.2 Å². The van der Waals surface area contributed by atoms with Gasteiger partial charge in [-0.1, -0.05) is 0 Å². The number of rotatable bonds is 5. The number of ether oxygens (including phenoxy) is 1. The summed E-state index contributed by atoms with van der Waals surface area (Å²) in [7, 11) is 3.89. The summed E-state index contributed by atoms with van der Waals surface area (Å²) in [5.41, 5.74) is 0.740. The molecule has 3 rings (SSSR count). The number of urea groups is 1. The molecule has 2 aliphatic rings. The van der Waals surface area contributed by atoms with Crippen LogP contribution in [0.4, 0.5) is 16.3 Å². The second kappa shape index (κ2) is 6.52. The van der Waals surface area contributed by atoms with Crippen molar-refractivity contribution in [1.29, 1.82) is 0 Å². The molecule has 6 heteroatoms. The van der Waals surface area contributed by atoms with E-state index in [1.165, 1.54) is 0 Å². The molecule has 2 fully saturated rings. The van der Waals surface area contributed by atoms with Crippen molar-refractivity contribution in [2.45, 2.75) is 25.3 Å². The maximum absolute atomic E-state index is 12.5. The predicted octanol–water partition coefficient (Wildman–Crippen LogP) is 2.18. The Labute approximate surface area is 131 Å². The van der Waals surface area contributed by atoms with Gasteiger partial charge in [0.15, 0.2) is 0 Å². The van der Waals surface area contributed by atoms with Gasteiger partial charge in [-0.3, -0.25) is 0 Å². The highest BCUT2D eigenvalue weighted by Gasteiger charge is 2.34. The highest BCUT2D eigenvalue weighted by molar-refractivity contribution is 5.89. The summed E-state index contributed by atoms with van der Waals surface area (Å²) in [6.45, 7) is 2.38. The zero-order valence-electron chi connectivity index (χ0n) is 13.3. The van der Waals surface area contributed by atoms with Crippen molar-refractivity contribution in [3.63, 3.8) is 0 Å². The van der Waals surface area contributed by atoms with Gasteiger partial charge in [-0.2, -0.15) is 0 Å². The minimum Gasteiger partial charge on any atom is -0.381 e. The van der Waals surface area contributed by atoms with Crippen molar-refractivity contribution in [2.75, 3.05) is 44.1 Å². The number of aromatic nitrogens is 1. The molecule has 2 amide bonds. The first kappa shape index (κ1) is 15.1. The van der Waals surface area contributed by atoms with Crippen molar-refractivity contribution < 1.29 is 9.53 Å². The normalized spacial score (nSPS) is 20.7. The summed E-state index contributed by atoms with van der Waals surface area (Å²) < 4.78 is 5.42. The third-order valence-corrected chi connectivity index (χ3v) is 4.18. The molecule has 1 aliphatic heterocycles. The van der Waals surface area contributed by atoms with Crippen LogP contribution in [0.5, 0.6) is 0 Å². The standard InChI is InChI=1S/C16H24N4O2/c1-19(2)15-6-3-13(9-17-15)18-16(21)20(14-4-5-14)10-12-7-8-22-11-12/h3,6,9,12,14H,4-5,7-8,10-11H2,1-2H3,(H,18,21)/t12-/m1/s1. The number of amides is 2. The zero-order chi connectivity index (χ0) is 15.5. The molecule has 22 heavy (non-hydrogen) atoms. The molecular formula is C16H24N4O2. The number of anilines is 2. The van der Waals surface area contributed by atoms with Crippen LogP contribution in [0.15, 0.2) is 18.3 Å². The Balaban J connectivity index is 1.60. The molecular weight excluding hydrogens is 280 g/mol. The molecule has 0 radical (unpaired) electrons. The molecule has 1 aromatic rings. The summed E-state index contributed by atoms with van der Waals surface area (Å²) in [6.07, 6.45) is 4.98. The number of carbonyl (C=O) groups is 1. The number of nitrogens with zero attached hydrogens (tertiary/aromatic N) is 3. The Morgan fingerprint density at radius 3 is 2.73 bits per heavy atom. The third kappa shape index (κ3) is 3.68. The third-order valence-electron chi connectivity index (χ3n) is 4.18. The first-order chi connectivity index (χ1) is 10.6. The summed E-state index contributed by atoms with van der Waals surface area (Å²) in [5.74, 6) is 1.35. The minimum absolute atomic E-state index is 0.0196. The molecule has 1 aromatic heterocycles. The van der Waals surface area contributed by atoms with Crippen molar-refractivity contribution in [3.8, 4) is 0 Å². The highest BCUT2D eigenvalue weighted by Crippen LogP contribution is 2.29. The first-order valence-electron chi connectivity index (χ1n) is 7.92. The van der Waals surface area contributed by atoms with E-state index >= 15 is 0 Å². The summed E-state index contributed by atoms with van der Waals surface area (Å²) in [6, 6.07) is 4.18. The lowest BCUT2D eigenvalue weighted by Crippen LogP contribution is -2.40. The van der Waals surface area contributed by atoms with E-state index in [2.05, 4.69) is 10.3 Å². The van der Waals surface area contributed by atoms with E-state index in [1.807, 2.05) is 36.0 Å². The van der Waals surface area contributed by atoms with Gasteiger partial charge in [0.25, 0.3) is 0 Å². The molecule has 120 valence electrons. The van der Waals surface area contributed by atoms with E-state index in [1.54, 1.807) is 6.20 Å². The van der Waals surface area contributed by atoms with Crippen LogP contribution in [0, 0.1) is 5.92 Å². The Hall–Kier alpha value is -1.82. The fourth-order valence-corrected chi connectivity index (χ4v) is 2.71. The second-order valence-electron chi connectivity index (χ2n) is 6.34. The van der Waals surface area contributed by atoms with E-state index in [0.717, 1.165) is 50.5 Å². The minimum atomic E-state index is -0.0196. The Kier molecular flexibility index (Phi) is 4.47. The van der Waals surface area contributed by atoms with Crippen LogP contribution in [0.3, 0.4) is 0 Å². The molecule has 0 bridgehead atoms. The van der Waals surface area contributed by atoms with E-state index < -0.39 is 0 Å². The SMILES string of the molecule is CN(C)c1ccc(NC(=O)N(C[C@H]2CCOC2)C2CC2)cn1. The van der Waals surface area contributed by atoms with Crippen LogP contribution in [0.25, 0.3) is 0 Å². The van der Waals surface area contributed by atoms with E-state index in [0.29, 0.717) is 12.0 Å². The Morgan fingerprint density at radius 1 is 1.36 bits per heavy atom. The van der Waals surface area contributed by atoms with Gasteiger partial charge in [-0.05, 0) is 31.4 Å². The zero-order valence-corrected chi connectivity index (χ0v) is 13.3. The average Bonchev–Trinajstić information content (AvgIpc) is 3.21. The lowest BCUT2D eigenvalue weighted by Gasteiger charge is -2.25. The van der Waals surface area contributed by atoms with Crippen LogP contribution >= 0.6 is 0 Å². The Bertz CT molecular complexity index is 507. The van der Waals surface area contributed by atoms with Crippen molar-refractivity contribution in [2.24, 2.45) is 5.92 Å². The van der Waals surface area contributed by atoms with E-state index in [-0.39, 0.29) is 6.03 Å². The van der Waals surface area contributed by atoms with Crippen molar-refractivity contribution in [1.82, 2.24) is 9.88 Å². The fourth-order valence-electron chi connectivity index (χ4n) is 2.71. The lowest BCUT2D eigenvalue weighted by molar-refractivity contribution is 0.167. The number of nitrogens with one attached hydrogen (secondary N) is 1. The second-order valence-corrected chi connectivity index (χ2v) is 6.34. The molecule has 1 aliphatic carbocycles. The van der Waals surface area contributed by atoms with Crippen molar-refractivity contribution in [3.05, 3.63) is 18.3 Å². The van der Waals surface area contributed by atoms with Gasteiger partial charge in [0.1, 0.15) is 5.82 Å². The molecule has 6 nitrogen and oxygen atoms in total. The molecule has 0 aromatic carbocycles. The number of hydrogen-bond donors (Lipinski definition) is 1. The van der Waals surface area contributed by atoms with Crippen LogP contribution in [-0.2, 0) is 4.74 Å². The largest absolute Gasteiger partial charge is 0.381 e. The molecule has 1 saturated heterocycles. The van der Waals surface area contributed by atoms with Gasteiger partial charge in [0, 0.05) is 39.2 Å². The molecule has 0 unspecified atom stereocenters. The maximum atomic E-state index is 12.5. The number of pyridine rings is 1. The summed E-state index contributed by atoms with van der Waals surface area (Å²) in [4.78, 5) is 20.8. The van der Waals surface area contributed by atoms with E-state index in [4.69, 9.17) is 4.74 Å². The van der Waals surface area contributed by atoms with Gasteiger partial charge in [-0.15, -0.1) is 0 Å². The van der Waals surface area contributed by atoms with Crippen LogP contribution in [0.1, 0.15) is 19.3 Å². The fraction of sp³-hybridized carbons (Fsp3) is 0.625. The predicted molar refractivity (Wildman–Crippen MR) is 86.2 cm³/mol. The van der Waals surface area contributed by atoms with Gasteiger partial charge in [0.2, 0.25) is 0 Å². The highest BCUT2D eigenvalue weighted by atomic mass is 16.5. The molecule has 1 atom stereocenters.